The summed E-state index contributed by atoms with van der Waals surface area (Å²) in [5.41, 5.74) is 3.92. The van der Waals surface area contributed by atoms with E-state index in [0.717, 1.165) is 29.0 Å². The van der Waals surface area contributed by atoms with Gasteiger partial charge in [-0.3, -0.25) is 9.79 Å². The van der Waals surface area contributed by atoms with E-state index in [1.807, 2.05) is 91.0 Å². The number of rotatable bonds is 10. The van der Waals surface area contributed by atoms with Gasteiger partial charge in [-0.15, -0.1) is 12.8 Å². The monoisotopic (exact) mass is 466 g/mol. The number of terminal acetylenes is 1. The average molecular weight is 467 g/mol. The van der Waals surface area contributed by atoms with Gasteiger partial charge in [0.1, 0.15) is 5.75 Å². The third-order valence-corrected chi connectivity index (χ3v) is 4.03. The molecule has 0 heterocycles. The molecule has 1 amide bonds. The van der Waals surface area contributed by atoms with Crippen LogP contribution < -0.4 is 10.1 Å². The van der Waals surface area contributed by atoms with Crippen molar-refractivity contribution in [2.24, 2.45) is 4.99 Å². The SMILES string of the molecule is C#C.C=C(C)/C(=C\C(=NC)C(/C=C\C)=C/C)C(=O)NCc1ccc(OCCC)cc1.CC.CC. The predicted molar refractivity (Wildman–Crippen MR) is 151 cm³/mol. The van der Waals surface area contributed by atoms with E-state index in [1.54, 1.807) is 13.1 Å². The molecule has 0 fully saturated rings. The first-order valence-electron chi connectivity index (χ1n) is 11.9. The molecular weight excluding hydrogens is 420 g/mol. The number of aliphatic imine (C=N–C) groups is 1. The van der Waals surface area contributed by atoms with Crippen molar-refractivity contribution >= 4 is 11.6 Å². The lowest BCUT2D eigenvalue weighted by atomic mass is 10.0. The van der Waals surface area contributed by atoms with Crippen LogP contribution in [0.4, 0.5) is 0 Å². The lowest BCUT2D eigenvalue weighted by Gasteiger charge is -2.11. The van der Waals surface area contributed by atoms with E-state index < -0.39 is 0 Å². The Kier molecular flexibility index (Phi) is 25.2. The molecule has 0 aromatic heterocycles. The van der Waals surface area contributed by atoms with Crippen LogP contribution >= 0.6 is 0 Å². The van der Waals surface area contributed by atoms with Crippen molar-refractivity contribution in [1.82, 2.24) is 5.32 Å². The van der Waals surface area contributed by atoms with E-state index >= 15 is 0 Å². The third-order valence-electron chi connectivity index (χ3n) is 4.03. The van der Waals surface area contributed by atoms with Gasteiger partial charge in [0.25, 0.3) is 5.91 Å². The van der Waals surface area contributed by atoms with E-state index in [4.69, 9.17) is 4.74 Å². The van der Waals surface area contributed by atoms with Crippen LogP contribution in [0.2, 0.25) is 0 Å². The molecule has 0 saturated carbocycles. The molecule has 4 heteroatoms. The van der Waals surface area contributed by atoms with Gasteiger partial charge < -0.3 is 10.1 Å². The Balaban J connectivity index is -0.00000148. The fourth-order valence-electron chi connectivity index (χ4n) is 2.51. The van der Waals surface area contributed by atoms with Gasteiger partial charge in [0.05, 0.1) is 12.3 Å². The lowest BCUT2D eigenvalue weighted by molar-refractivity contribution is -0.117. The zero-order valence-electron chi connectivity index (χ0n) is 22.9. The molecular formula is C30H46N2O2. The van der Waals surface area contributed by atoms with Crippen LogP contribution in [0.25, 0.3) is 0 Å². The number of ether oxygens (including phenoxy) is 1. The van der Waals surface area contributed by atoms with Crippen LogP contribution in [0, 0.1) is 12.8 Å². The highest BCUT2D eigenvalue weighted by Gasteiger charge is 2.12. The van der Waals surface area contributed by atoms with Gasteiger partial charge in [-0.25, -0.2) is 0 Å². The minimum atomic E-state index is -0.170. The van der Waals surface area contributed by atoms with Crippen molar-refractivity contribution in [3.05, 3.63) is 77.4 Å². The predicted octanol–water partition coefficient (Wildman–Crippen LogP) is 7.49. The Bertz CT molecular complexity index is 823. The van der Waals surface area contributed by atoms with Gasteiger partial charge in [-0.1, -0.05) is 71.6 Å². The van der Waals surface area contributed by atoms with Gasteiger partial charge in [0, 0.05) is 19.2 Å². The number of allylic oxidation sites excluding steroid dienone is 5. The number of nitrogens with one attached hydrogen (secondary N) is 1. The summed E-state index contributed by atoms with van der Waals surface area (Å²) in [7, 11) is 1.72. The second kappa shape index (κ2) is 24.3. The molecule has 0 unspecified atom stereocenters. The first-order chi connectivity index (χ1) is 16.5. The van der Waals surface area contributed by atoms with E-state index in [9.17, 15) is 4.79 Å². The molecule has 0 aliphatic heterocycles. The molecule has 0 radical (unpaired) electrons. The zero-order chi connectivity index (χ0) is 26.9. The van der Waals surface area contributed by atoms with Crippen molar-refractivity contribution in [2.45, 2.75) is 68.4 Å². The average Bonchev–Trinajstić information content (AvgIpc) is 2.89. The molecule has 1 N–H and O–H groups in total. The largest absolute Gasteiger partial charge is 0.494 e. The van der Waals surface area contributed by atoms with Crippen LogP contribution in [-0.4, -0.2) is 25.3 Å². The smallest absolute Gasteiger partial charge is 0.251 e. The van der Waals surface area contributed by atoms with Gasteiger partial charge >= 0.3 is 0 Å². The normalized spacial score (nSPS) is 11.1. The number of hydrogen-bond acceptors (Lipinski definition) is 3. The molecule has 0 saturated heterocycles. The van der Waals surface area contributed by atoms with Gasteiger partial charge in [-0.05, 0) is 62.1 Å². The molecule has 4 nitrogen and oxygen atoms in total. The highest BCUT2D eigenvalue weighted by molar-refractivity contribution is 6.15. The molecule has 0 spiro atoms. The Morgan fingerprint density at radius 1 is 1.12 bits per heavy atom. The number of carbonyl (C=O) groups excluding carboxylic acids is 1. The number of amides is 1. The van der Waals surface area contributed by atoms with Crippen molar-refractivity contribution in [3.63, 3.8) is 0 Å². The molecule has 0 bridgehead atoms. The maximum atomic E-state index is 12.7. The summed E-state index contributed by atoms with van der Waals surface area (Å²) in [5.74, 6) is 0.669. The third kappa shape index (κ3) is 14.7. The van der Waals surface area contributed by atoms with Crippen molar-refractivity contribution in [3.8, 4) is 18.6 Å². The van der Waals surface area contributed by atoms with Crippen molar-refractivity contribution < 1.29 is 9.53 Å². The maximum absolute atomic E-state index is 12.7. The zero-order valence-corrected chi connectivity index (χ0v) is 22.9. The maximum Gasteiger partial charge on any atom is 0.251 e. The van der Waals surface area contributed by atoms with Crippen LogP contribution in [-0.2, 0) is 11.3 Å². The Morgan fingerprint density at radius 2 is 1.68 bits per heavy atom. The van der Waals surface area contributed by atoms with E-state index in [0.29, 0.717) is 24.3 Å². The van der Waals surface area contributed by atoms with Crippen LogP contribution in [0.3, 0.4) is 0 Å². The summed E-state index contributed by atoms with van der Waals surface area (Å²) in [6, 6.07) is 7.75. The number of carbonyl (C=O) groups is 1. The van der Waals surface area contributed by atoms with E-state index in [-0.39, 0.29) is 5.91 Å². The number of benzene rings is 1. The Labute approximate surface area is 209 Å². The van der Waals surface area contributed by atoms with Crippen molar-refractivity contribution in [2.75, 3.05) is 13.7 Å². The first kappa shape index (κ1) is 35.3. The van der Waals surface area contributed by atoms with Crippen LogP contribution in [0.5, 0.6) is 5.75 Å². The van der Waals surface area contributed by atoms with E-state index in [1.165, 1.54) is 0 Å². The summed E-state index contributed by atoms with van der Waals surface area (Å²) in [4.78, 5) is 17.0. The minimum Gasteiger partial charge on any atom is -0.494 e. The van der Waals surface area contributed by atoms with Gasteiger partial charge in [0.15, 0.2) is 0 Å². The van der Waals surface area contributed by atoms with Gasteiger partial charge in [0.2, 0.25) is 0 Å². The molecule has 1 rings (SSSR count). The second-order valence-electron chi connectivity index (χ2n) is 6.37. The van der Waals surface area contributed by atoms with E-state index in [2.05, 4.69) is 36.7 Å². The number of hydrogen-bond donors (Lipinski definition) is 1. The molecule has 0 aliphatic rings. The van der Waals surface area contributed by atoms with Gasteiger partial charge in [-0.2, -0.15) is 0 Å². The topological polar surface area (TPSA) is 50.7 Å². The van der Waals surface area contributed by atoms with Crippen molar-refractivity contribution in [1.29, 1.82) is 0 Å². The molecule has 0 atom stereocenters. The minimum absolute atomic E-state index is 0.170. The summed E-state index contributed by atoms with van der Waals surface area (Å²) in [5, 5.41) is 2.96. The quantitative estimate of drug-likeness (QED) is 0.168. The molecule has 1 aromatic carbocycles. The first-order valence-corrected chi connectivity index (χ1v) is 11.9. The Morgan fingerprint density at radius 3 is 2.09 bits per heavy atom. The number of nitrogens with zero attached hydrogens (tertiary/aromatic N) is 1. The second-order valence-corrected chi connectivity index (χ2v) is 6.37. The molecule has 188 valence electrons. The summed E-state index contributed by atoms with van der Waals surface area (Å²) >= 11 is 0. The van der Waals surface area contributed by atoms with Crippen LogP contribution in [0.1, 0.15) is 67.4 Å². The lowest BCUT2D eigenvalue weighted by Crippen LogP contribution is -2.25. The van der Waals surface area contributed by atoms with Crippen LogP contribution in [0.15, 0.2) is 76.9 Å². The fraction of sp³-hybridized carbons (Fsp3) is 0.400. The molecule has 34 heavy (non-hydrogen) atoms. The molecule has 0 aliphatic carbocycles. The fourth-order valence-corrected chi connectivity index (χ4v) is 2.51. The highest BCUT2D eigenvalue weighted by Crippen LogP contribution is 2.14. The highest BCUT2D eigenvalue weighted by atomic mass is 16.5. The standard InChI is InChI=1S/C24H32N2O2.2C2H6.C2H2/c1-7-10-20(9-3)23(25-6)16-22(18(4)5)24(27)26-17-19-11-13-21(14-12-19)28-15-8-2;3*1-2/h7,9-14,16H,4,8,15,17H2,1-3,5-6H3,(H,26,27);2*1-2H3;1-2H/b10-7-,20-9+,22-16+,25-23?;;;. The summed E-state index contributed by atoms with van der Waals surface area (Å²) in [6.07, 6.45) is 16.6. The summed E-state index contributed by atoms with van der Waals surface area (Å²) in [6.45, 7) is 20.9. The molecule has 1 aromatic rings. The summed E-state index contributed by atoms with van der Waals surface area (Å²) < 4.78 is 5.58. The Hall–Kier alpha value is -3.32.